The molecule has 23 heavy (non-hydrogen) atoms. The topological polar surface area (TPSA) is 77.8 Å². The number of benzene rings is 1. The Labute approximate surface area is 138 Å². The average Bonchev–Trinajstić information content (AvgIpc) is 3.05. The van der Waals surface area contributed by atoms with Gasteiger partial charge in [0.2, 0.25) is 5.89 Å². The Morgan fingerprint density at radius 2 is 1.87 bits per heavy atom. The van der Waals surface area contributed by atoms with E-state index in [9.17, 15) is 0 Å². The number of nitrogens with zero attached hydrogens (tertiary/aromatic N) is 3. The highest BCUT2D eigenvalue weighted by Gasteiger charge is 2.25. The molecule has 0 unspecified atom stereocenters. The van der Waals surface area contributed by atoms with Crippen molar-refractivity contribution in [2.45, 2.75) is 37.6 Å². The standard InChI is InChI=1S/C17H17ClN4O/c18-12-4-8-14-11(9-12)3-7-15(20-14)17-22-21-16(23-17)10-1-5-13(19)6-2-10/h3-4,7-10,13H,1-2,5-6,19H2. The quantitative estimate of drug-likeness (QED) is 0.771. The molecule has 118 valence electrons. The number of aromatic nitrogens is 3. The van der Waals surface area contributed by atoms with Crippen LogP contribution in [0.4, 0.5) is 0 Å². The van der Waals surface area contributed by atoms with Crippen molar-refractivity contribution in [1.82, 2.24) is 15.2 Å². The van der Waals surface area contributed by atoms with Crippen LogP contribution >= 0.6 is 11.6 Å². The van der Waals surface area contributed by atoms with Crippen LogP contribution in [0, 0.1) is 0 Å². The summed E-state index contributed by atoms with van der Waals surface area (Å²) in [5, 5.41) is 10.1. The van der Waals surface area contributed by atoms with Gasteiger partial charge in [0.25, 0.3) is 5.89 Å². The van der Waals surface area contributed by atoms with Crippen LogP contribution in [0.25, 0.3) is 22.5 Å². The number of hydrogen-bond donors (Lipinski definition) is 1. The largest absolute Gasteiger partial charge is 0.419 e. The van der Waals surface area contributed by atoms with Crippen LogP contribution in [0.1, 0.15) is 37.5 Å². The summed E-state index contributed by atoms with van der Waals surface area (Å²) in [5.41, 5.74) is 7.49. The van der Waals surface area contributed by atoms with E-state index >= 15 is 0 Å². The van der Waals surface area contributed by atoms with Crippen molar-refractivity contribution in [2.75, 3.05) is 0 Å². The van der Waals surface area contributed by atoms with Crippen molar-refractivity contribution in [3.8, 4) is 11.6 Å². The molecule has 5 nitrogen and oxygen atoms in total. The first-order valence-corrected chi connectivity index (χ1v) is 8.22. The SMILES string of the molecule is NC1CCC(c2nnc(-c3ccc4cc(Cl)ccc4n3)o2)CC1. The Balaban J connectivity index is 1.62. The lowest BCUT2D eigenvalue weighted by Gasteiger charge is -2.23. The van der Waals surface area contributed by atoms with Gasteiger partial charge in [-0.15, -0.1) is 10.2 Å². The fourth-order valence-corrected chi connectivity index (χ4v) is 3.27. The predicted octanol–water partition coefficient (Wildman–Crippen LogP) is 3.92. The van der Waals surface area contributed by atoms with Crippen molar-refractivity contribution in [3.05, 3.63) is 41.2 Å². The van der Waals surface area contributed by atoms with Gasteiger partial charge >= 0.3 is 0 Å². The Bertz CT molecular complexity index is 839. The number of fused-ring (bicyclic) bond motifs is 1. The van der Waals surface area contributed by atoms with Gasteiger partial charge in [-0.25, -0.2) is 4.98 Å². The summed E-state index contributed by atoms with van der Waals surface area (Å²) >= 11 is 6.00. The molecule has 4 rings (SSSR count). The predicted molar refractivity (Wildman–Crippen MR) is 89.2 cm³/mol. The molecule has 0 saturated heterocycles. The van der Waals surface area contributed by atoms with E-state index in [4.69, 9.17) is 21.8 Å². The molecule has 0 radical (unpaired) electrons. The summed E-state index contributed by atoms with van der Waals surface area (Å²) < 4.78 is 5.87. The first kappa shape index (κ1) is 14.6. The summed E-state index contributed by atoms with van der Waals surface area (Å²) in [7, 11) is 0. The zero-order chi connectivity index (χ0) is 15.8. The van der Waals surface area contributed by atoms with Crippen molar-refractivity contribution in [1.29, 1.82) is 0 Å². The van der Waals surface area contributed by atoms with Crippen molar-refractivity contribution in [3.63, 3.8) is 0 Å². The van der Waals surface area contributed by atoms with Crippen LogP contribution in [-0.4, -0.2) is 21.2 Å². The molecule has 0 amide bonds. The van der Waals surface area contributed by atoms with E-state index in [1.807, 2.05) is 30.3 Å². The molecule has 0 atom stereocenters. The second-order valence-electron chi connectivity index (χ2n) is 6.09. The van der Waals surface area contributed by atoms with Crippen LogP contribution in [0.15, 0.2) is 34.7 Å². The molecule has 1 aromatic carbocycles. The molecule has 6 heteroatoms. The maximum atomic E-state index is 6.00. The molecule has 1 aliphatic carbocycles. The van der Waals surface area contributed by atoms with E-state index in [1.165, 1.54) is 0 Å². The highest BCUT2D eigenvalue weighted by molar-refractivity contribution is 6.31. The first-order chi connectivity index (χ1) is 11.2. The smallest absolute Gasteiger partial charge is 0.266 e. The zero-order valence-electron chi connectivity index (χ0n) is 12.6. The summed E-state index contributed by atoms with van der Waals surface area (Å²) in [5.74, 6) is 1.48. The third-order valence-electron chi connectivity index (χ3n) is 4.43. The van der Waals surface area contributed by atoms with E-state index in [1.54, 1.807) is 0 Å². The first-order valence-electron chi connectivity index (χ1n) is 7.85. The lowest BCUT2D eigenvalue weighted by molar-refractivity contribution is 0.341. The van der Waals surface area contributed by atoms with Gasteiger partial charge in [-0.2, -0.15) is 0 Å². The average molecular weight is 329 g/mol. The second kappa shape index (κ2) is 5.91. The molecule has 3 aromatic rings. The molecule has 0 spiro atoms. The van der Waals surface area contributed by atoms with E-state index in [2.05, 4.69) is 15.2 Å². The highest BCUT2D eigenvalue weighted by atomic mass is 35.5. The second-order valence-corrected chi connectivity index (χ2v) is 6.53. The molecule has 1 aliphatic rings. The number of nitrogens with two attached hydrogens (primary N) is 1. The summed E-state index contributed by atoms with van der Waals surface area (Å²) in [6, 6.07) is 9.76. The van der Waals surface area contributed by atoms with Crippen molar-refractivity contribution < 1.29 is 4.42 Å². The molecule has 2 N–H and O–H groups in total. The maximum Gasteiger partial charge on any atom is 0.266 e. The van der Waals surface area contributed by atoms with Crippen LogP contribution in [0.2, 0.25) is 5.02 Å². The minimum absolute atomic E-state index is 0.308. The monoisotopic (exact) mass is 328 g/mol. The zero-order valence-corrected chi connectivity index (χ0v) is 13.3. The van der Waals surface area contributed by atoms with E-state index in [0.29, 0.717) is 34.5 Å². The Kier molecular flexibility index (Phi) is 3.75. The van der Waals surface area contributed by atoms with Gasteiger partial charge in [-0.05, 0) is 49.9 Å². The van der Waals surface area contributed by atoms with Crippen LogP contribution in [0.3, 0.4) is 0 Å². The van der Waals surface area contributed by atoms with E-state index < -0.39 is 0 Å². The van der Waals surface area contributed by atoms with Gasteiger partial charge in [0.15, 0.2) is 0 Å². The summed E-state index contributed by atoms with van der Waals surface area (Å²) in [4.78, 5) is 4.58. The van der Waals surface area contributed by atoms with Crippen molar-refractivity contribution in [2.24, 2.45) is 5.73 Å². The normalized spacial score (nSPS) is 21.7. The molecular weight excluding hydrogens is 312 g/mol. The maximum absolute atomic E-state index is 6.00. The molecule has 0 aliphatic heterocycles. The van der Waals surface area contributed by atoms with Crippen LogP contribution in [0.5, 0.6) is 0 Å². The number of hydrogen-bond acceptors (Lipinski definition) is 5. The number of rotatable bonds is 2. The third kappa shape index (κ3) is 2.94. The molecule has 0 bridgehead atoms. The number of halogens is 1. The van der Waals surface area contributed by atoms with Gasteiger partial charge in [-0.1, -0.05) is 17.7 Å². The van der Waals surface area contributed by atoms with Crippen LogP contribution in [-0.2, 0) is 0 Å². The highest BCUT2D eigenvalue weighted by Crippen LogP contribution is 2.32. The fourth-order valence-electron chi connectivity index (χ4n) is 3.08. The summed E-state index contributed by atoms with van der Waals surface area (Å²) in [6.45, 7) is 0. The lowest BCUT2D eigenvalue weighted by atomic mass is 9.86. The van der Waals surface area contributed by atoms with Gasteiger partial charge < -0.3 is 10.2 Å². The Hall–Kier alpha value is -1.98. The van der Waals surface area contributed by atoms with E-state index in [-0.39, 0.29) is 0 Å². The Morgan fingerprint density at radius 3 is 2.70 bits per heavy atom. The van der Waals surface area contributed by atoms with Gasteiger partial charge in [0.1, 0.15) is 5.69 Å². The van der Waals surface area contributed by atoms with Crippen molar-refractivity contribution >= 4 is 22.5 Å². The van der Waals surface area contributed by atoms with Gasteiger partial charge in [0, 0.05) is 22.4 Å². The fraction of sp³-hybridized carbons (Fsp3) is 0.353. The summed E-state index contributed by atoms with van der Waals surface area (Å²) in [6.07, 6.45) is 4.04. The molecular formula is C17H17ClN4O. The van der Waals surface area contributed by atoms with Gasteiger partial charge in [0.05, 0.1) is 5.52 Å². The lowest BCUT2D eigenvalue weighted by Crippen LogP contribution is -2.25. The minimum atomic E-state index is 0.308. The van der Waals surface area contributed by atoms with Gasteiger partial charge in [-0.3, -0.25) is 0 Å². The van der Waals surface area contributed by atoms with E-state index in [0.717, 1.165) is 36.6 Å². The third-order valence-corrected chi connectivity index (χ3v) is 4.67. The molecule has 2 aromatic heterocycles. The number of pyridine rings is 1. The molecule has 1 saturated carbocycles. The molecule has 1 fully saturated rings. The molecule has 2 heterocycles. The van der Waals surface area contributed by atoms with Crippen LogP contribution < -0.4 is 5.73 Å². The Morgan fingerprint density at radius 1 is 1.04 bits per heavy atom. The minimum Gasteiger partial charge on any atom is -0.419 e.